The summed E-state index contributed by atoms with van der Waals surface area (Å²) in [6, 6.07) is 0. The number of halogens is 3. The van der Waals surface area contributed by atoms with Crippen LogP contribution in [-0.4, -0.2) is 12.5 Å². The van der Waals surface area contributed by atoms with Crippen molar-refractivity contribution in [3.05, 3.63) is 0 Å². The smallest absolute Gasteiger partial charge is 1.00 e. The van der Waals surface area contributed by atoms with Gasteiger partial charge in [0, 0.05) is 13.0 Å². The third-order valence-corrected chi connectivity index (χ3v) is 0.903. The predicted molar refractivity (Wildman–Crippen MR) is 44.0 cm³/mol. The Morgan fingerprint density at radius 1 is 1.44 bits per heavy atom. The zero-order valence-electron chi connectivity index (χ0n) is 5.72. The van der Waals surface area contributed by atoms with E-state index in [2.05, 4.69) is 5.32 Å². The van der Waals surface area contributed by atoms with Gasteiger partial charge in [-0.1, -0.05) is 0 Å². The summed E-state index contributed by atoms with van der Waals surface area (Å²) >= 11 is 0. The fourth-order valence-corrected chi connectivity index (χ4v) is 0.565. The summed E-state index contributed by atoms with van der Waals surface area (Å²) in [7, 11) is 0. The van der Waals surface area contributed by atoms with Gasteiger partial charge < -0.3 is 22.3 Å². The Balaban J connectivity index is -0.0000000450. The molecule has 1 saturated heterocycles. The molecule has 1 amide bonds. The summed E-state index contributed by atoms with van der Waals surface area (Å²) in [6.45, 7) is 0.888. The molecule has 1 N–H and O–H groups in total. The molecule has 1 fully saturated rings. The SMILES string of the molecule is Br.Br.O=C1CCCN1.[Br-].[H+]. The Morgan fingerprint density at radius 2 is 2.00 bits per heavy atom. The summed E-state index contributed by atoms with van der Waals surface area (Å²) in [6.07, 6.45) is 1.76. The Labute approximate surface area is 87.6 Å². The molecule has 0 aromatic carbocycles. The first-order valence-electron chi connectivity index (χ1n) is 2.16. The minimum absolute atomic E-state index is 0. The minimum Gasteiger partial charge on any atom is -1.00 e. The second kappa shape index (κ2) is 8.91. The van der Waals surface area contributed by atoms with Crippen LogP contribution in [-0.2, 0) is 4.79 Å². The molecule has 5 heteroatoms. The molecular weight excluding hydrogens is 318 g/mol. The van der Waals surface area contributed by atoms with Crippen molar-refractivity contribution in [2.75, 3.05) is 6.54 Å². The summed E-state index contributed by atoms with van der Waals surface area (Å²) in [5.74, 6) is 0.204. The van der Waals surface area contributed by atoms with Gasteiger partial charge in [0.2, 0.25) is 5.91 Å². The number of hydrogen-bond donors (Lipinski definition) is 1. The fourth-order valence-electron chi connectivity index (χ4n) is 0.565. The van der Waals surface area contributed by atoms with E-state index in [1.165, 1.54) is 0 Å². The van der Waals surface area contributed by atoms with E-state index in [9.17, 15) is 4.79 Å². The van der Waals surface area contributed by atoms with Crippen LogP contribution in [0.2, 0.25) is 0 Å². The van der Waals surface area contributed by atoms with Crippen molar-refractivity contribution in [3.8, 4) is 0 Å². The monoisotopic (exact) mass is 325 g/mol. The first-order chi connectivity index (χ1) is 2.89. The normalized spacial score (nSPS) is 14.0. The van der Waals surface area contributed by atoms with E-state index in [0.29, 0.717) is 0 Å². The molecule has 1 aliphatic rings. The Hall–Kier alpha value is 0.910. The number of carbonyl (C=O) groups excluding carboxylic acids is 1. The number of hydrogen-bond acceptors (Lipinski definition) is 1. The summed E-state index contributed by atoms with van der Waals surface area (Å²) in [5.41, 5.74) is 0. The second-order valence-corrected chi connectivity index (χ2v) is 1.45. The van der Waals surface area contributed by atoms with E-state index in [1.807, 2.05) is 0 Å². The Morgan fingerprint density at radius 3 is 2.11 bits per heavy atom. The van der Waals surface area contributed by atoms with Crippen molar-refractivity contribution >= 4 is 39.9 Å². The lowest BCUT2D eigenvalue weighted by atomic mass is 10.4. The van der Waals surface area contributed by atoms with Gasteiger partial charge in [-0.3, -0.25) is 4.79 Å². The highest BCUT2D eigenvalue weighted by Crippen LogP contribution is 1.93. The summed E-state index contributed by atoms with van der Waals surface area (Å²) < 4.78 is 0. The summed E-state index contributed by atoms with van der Waals surface area (Å²) in [5, 5.41) is 2.68. The minimum atomic E-state index is 0. The van der Waals surface area contributed by atoms with Gasteiger partial charge >= 0.3 is 1.43 Å². The largest absolute Gasteiger partial charge is 1.00 e. The van der Waals surface area contributed by atoms with Crippen molar-refractivity contribution in [3.63, 3.8) is 0 Å². The zero-order valence-corrected chi connectivity index (χ0v) is 9.74. The van der Waals surface area contributed by atoms with Crippen molar-refractivity contribution in [1.82, 2.24) is 5.32 Å². The standard InChI is InChI=1S/C4H7NO.3BrH/c6-4-2-1-3-5-4;;;/h1-3H2,(H,5,6);3*1H. The van der Waals surface area contributed by atoms with Gasteiger partial charge in [-0.05, 0) is 6.42 Å². The molecule has 0 radical (unpaired) electrons. The van der Waals surface area contributed by atoms with E-state index < -0.39 is 0 Å². The maximum atomic E-state index is 10.1. The van der Waals surface area contributed by atoms with E-state index >= 15 is 0 Å². The van der Waals surface area contributed by atoms with Crippen LogP contribution in [0.5, 0.6) is 0 Å². The molecule has 0 bridgehead atoms. The van der Waals surface area contributed by atoms with Gasteiger partial charge in [0.15, 0.2) is 0 Å². The van der Waals surface area contributed by atoms with Crippen molar-refractivity contribution in [1.29, 1.82) is 0 Å². The number of nitrogens with one attached hydrogen (secondary N) is 1. The first kappa shape index (κ1) is 16.5. The van der Waals surface area contributed by atoms with E-state index in [4.69, 9.17) is 0 Å². The third kappa shape index (κ3) is 6.80. The molecule has 0 aromatic heterocycles. The van der Waals surface area contributed by atoms with Crippen LogP contribution in [0.3, 0.4) is 0 Å². The maximum absolute atomic E-state index is 10.1. The van der Waals surface area contributed by atoms with Crippen molar-refractivity contribution in [2.45, 2.75) is 12.8 Å². The molecule has 0 spiro atoms. The molecule has 2 nitrogen and oxygen atoms in total. The molecule has 0 aromatic rings. The van der Waals surface area contributed by atoms with Crippen LogP contribution >= 0.6 is 34.0 Å². The lowest BCUT2D eigenvalue weighted by molar-refractivity contribution is -0.119. The molecule has 1 rings (SSSR count). The lowest BCUT2D eigenvalue weighted by Crippen LogP contribution is -3.00. The van der Waals surface area contributed by atoms with Gasteiger partial charge in [-0.15, -0.1) is 34.0 Å². The van der Waals surface area contributed by atoms with Crippen LogP contribution in [0.4, 0.5) is 0 Å². The fraction of sp³-hybridized carbons (Fsp3) is 0.750. The van der Waals surface area contributed by atoms with Crippen LogP contribution in [0.15, 0.2) is 0 Å². The molecule has 1 aliphatic heterocycles. The molecule has 1 heterocycles. The summed E-state index contributed by atoms with van der Waals surface area (Å²) in [4.78, 5) is 10.1. The lowest BCUT2D eigenvalue weighted by Gasteiger charge is -1.80. The van der Waals surface area contributed by atoms with Crippen LogP contribution < -0.4 is 22.3 Å². The predicted octanol–water partition coefficient (Wildman–Crippen LogP) is -1.83. The van der Waals surface area contributed by atoms with Gasteiger partial charge in [0.1, 0.15) is 0 Å². The first-order valence-corrected chi connectivity index (χ1v) is 2.16. The van der Waals surface area contributed by atoms with Crippen LogP contribution in [0, 0.1) is 0 Å². The average molecular weight is 328 g/mol. The molecular formula is C4H10Br3NO. The molecule has 58 valence electrons. The van der Waals surface area contributed by atoms with E-state index in [0.717, 1.165) is 19.4 Å². The number of rotatable bonds is 0. The van der Waals surface area contributed by atoms with Gasteiger partial charge in [0.25, 0.3) is 0 Å². The maximum Gasteiger partial charge on any atom is 1.00 e. The van der Waals surface area contributed by atoms with Gasteiger partial charge in [0.05, 0.1) is 0 Å². The van der Waals surface area contributed by atoms with E-state index in [-0.39, 0.29) is 58.3 Å². The molecule has 0 aliphatic carbocycles. The quantitative estimate of drug-likeness (QED) is 0.557. The number of carbonyl (C=O) groups is 1. The second-order valence-electron chi connectivity index (χ2n) is 1.45. The topological polar surface area (TPSA) is 29.1 Å². The Kier molecular flexibility index (Phi) is 16.3. The molecule has 0 unspecified atom stereocenters. The highest BCUT2D eigenvalue weighted by molar-refractivity contribution is 8.93. The van der Waals surface area contributed by atoms with Crippen molar-refractivity contribution < 1.29 is 23.2 Å². The highest BCUT2D eigenvalue weighted by atomic mass is 79.9. The third-order valence-electron chi connectivity index (χ3n) is 0.903. The van der Waals surface area contributed by atoms with E-state index in [1.54, 1.807) is 0 Å². The van der Waals surface area contributed by atoms with Crippen LogP contribution in [0.1, 0.15) is 14.3 Å². The molecule has 9 heavy (non-hydrogen) atoms. The van der Waals surface area contributed by atoms with Crippen LogP contribution in [0.25, 0.3) is 0 Å². The average Bonchev–Trinajstić information content (AvgIpc) is 1.86. The van der Waals surface area contributed by atoms with Gasteiger partial charge in [-0.2, -0.15) is 0 Å². The molecule has 0 atom stereocenters. The highest BCUT2D eigenvalue weighted by Gasteiger charge is 2.05. The molecule has 0 saturated carbocycles. The zero-order chi connectivity index (χ0) is 4.41. The Bertz CT molecular complexity index is 74.9. The van der Waals surface area contributed by atoms with Crippen molar-refractivity contribution in [2.24, 2.45) is 0 Å². The van der Waals surface area contributed by atoms with Gasteiger partial charge in [-0.25, -0.2) is 0 Å². The number of amides is 1.